The number of aromatic nitrogens is 2. The average Bonchev–Trinajstić information content (AvgIpc) is 3.08. The number of nitrogens with zero attached hydrogens (tertiary/aromatic N) is 4. The number of carbonyl (C=O) groups is 1. The van der Waals surface area contributed by atoms with E-state index in [0.717, 1.165) is 0 Å². The Labute approximate surface area is 149 Å². The number of hydrogen-bond donors (Lipinski definition) is 0. The molecule has 0 spiro atoms. The van der Waals surface area contributed by atoms with Crippen molar-refractivity contribution in [1.29, 1.82) is 0 Å². The summed E-state index contributed by atoms with van der Waals surface area (Å²) in [4.78, 5) is 14.9. The Kier molecular flexibility index (Phi) is 4.95. The predicted octanol–water partition coefficient (Wildman–Crippen LogP) is 1.67. The normalized spacial score (nSPS) is 17.0. The van der Waals surface area contributed by atoms with E-state index in [2.05, 4.69) is 5.10 Å². The lowest BCUT2D eigenvalue weighted by Gasteiger charge is -2.21. The molecule has 0 bridgehead atoms. The van der Waals surface area contributed by atoms with Gasteiger partial charge >= 0.3 is 0 Å². The fourth-order valence-electron chi connectivity index (χ4n) is 2.60. The number of sulfonamides is 1. The van der Waals surface area contributed by atoms with E-state index in [1.165, 1.54) is 32.7 Å². The second-order valence-corrected chi connectivity index (χ2v) is 9.16. The number of thiophene rings is 1. The predicted molar refractivity (Wildman–Crippen MR) is 91.8 cm³/mol. The van der Waals surface area contributed by atoms with Crippen molar-refractivity contribution in [2.24, 2.45) is 7.05 Å². The number of carbonyl (C=O) groups excluding carboxylic acids is 1. The first kappa shape index (κ1) is 17.4. The second-order valence-electron chi connectivity index (χ2n) is 5.50. The molecule has 1 aliphatic heterocycles. The van der Waals surface area contributed by atoms with Crippen LogP contribution in [0.15, 0.2) is 29.4 Å². The lowest BCUT2D eigenvalue weighted by Crippen LogP contribution is -2.37. The van der Waals surface area contributed by atoms with Crippen LogP contribution in [0.5, 0.6) is 0 Å². The lowest BCUT2D eigenvalue weighted by atomic mass is 10.3. The number of aryl methyl sites for hydroxylation is 1. The van der Waals surface area contributed by atoms with E-state index in [1.54, 1.807) is 24.1 Å². The molecular formula is C14H17ClN4O3S2. The van der Waals surface area contributed by atoms with Gasteiger partial charge in [-0.05, 0) is 18.6 Å². The van der Waals surface area contributed by atoms with Crippen molar-refractivity contribution in [3.05, 3.63) is 33.7 Å². The summed E-state index contributed by atoms with van der Waals surface area (Å²) in [6.45, 7) is 1.52. The number of halogens is 1. The third-order valence-electron chi connectivity index (χ3n) is 3.85. The molecule has 0 aromatic carbocycles. The summed E-state index contributed by atoms with van der Waals surface area (Å²) in [6, 6.07) is 3.39. The molecular weight excluding hydrogens is 372 g/mol. The molecule has 0 saturated carbocycles. The van der Waals surface area contributed by atoms with Crippen molar-refractivity contribution < 1.29 is 13.2 Å². The highest BCUT2D eigenvalue weighted by atomic mass is 35.5. The van der Waals surface area contributed by atoms with E-state index in [4.69, 9.17) is 11.6 Å². The van der Waals surface area contributed by atoms with Crippen molar-refractivity contribution >= 4 is 38.9 Å². The molecule has 7 nitrogen and oxygen atoms in total. The molecule has 130 valence electrons. The second kappa shape index (κ2) is 6.83. The van der Waals surface area contributed by atoms with Gasteiger partial charge < -0.3 is 4.90 Å². The van der Waals surface area contributed by atoms with E-state index in [1.807, 2.05) is 0 Å². The smallest absolute Gasteiger partial charge is 0.264 e. The standard InChI is InChI=1S/C14H17ClN4O3S2/c1-17-10-11(9-16-17)24(21,22)19-6-2-5-18(7-8-19)14(20)12-3-4-13(15)23-12/h3-4,9-10H,2,5-8H2,1H3. The zero-order valence-corrected chi connectivity index (χ0v) is 15.4. The molecule has 1 fully saturated rings. The van der Waals surface area contributed by atoms with Crippen molar-refractivity contribution in [1.82, 2.24) is 19.0 Å². The van der Waals surface area contributed by atoms with Gasteiger partial charge in [-0.25, -0.2) is 8.42 Å². The maximum Gasteiger partial charge on any atom is 0.264 e. The molecule has 3 heterocycles. The Balaban J connectivity index is 1.72. The molecule has 1 saturated heterocycles. The van der Waals surface area contributed by atoms with E-state index in [0.29, 0.717) is 35.3 Å². The number of hydrogen-bond acceptors (Lipinski definition) is 5. The number of amides is 1. The van der Waals surface area contributed by atoms with Crippen LogP contribution >= 0.6 is 22.9 Å². The molecule has 2 aromatic rings. The van der Waals surface area contributed by atoms with Crippen LogP contribution in [0.3, 0.4) is 0 Å². The molecule has 0 N–H and O–H groups in total. The van der Waals surface area contributed by atoms with E-state index < -0.39 is 10.0 Å². The van der Waals surface area contributed by atoms with Gasteiger partial charge in [-0.3, -0.25) is 9.48 Å². The minimum atomic E-state index is -3.58. The van der Waals surface area contributed by atoms with Crippen LogP contribution in [0.1, 0.15) is 16.1 Å². The van der Waals surface area contributed by atoms with Crippen LogP contribution in [0.2, 0.25) is 4.34 Å². The first-order valence-corrected chi connectivity index (χ1v) is 10.0. The quantitative estimate of drug-likeness (QED) is 0.801. The minimum Gasteiger partial charge on any atom is -0.337 e. The summed E-state index contributed by atoms with van der Waals surface area (Å²) in [7, 11) is -1.91. The van der Waals surface area contributed by atoms with Crippen LogP contribution in [0.4, 0.5) is 0 Å². The molecule has 24 heavy (non-hydrogen) atoms. The molecule has 0 unspecified atom stereocenters. The van der Waals surface area contributed by atoms with Crippen molar-refractivity contribution in [2.45, 2.75) is 11.3 Å². The fraction of sp³-hybridized carbons (Fsp3) is 0.429. The molecule has 1 aliphatic rings. The van der Waals surface area contributed by atoms with Crippen LogP contribution in [-0.2, 0) is 17.1 Å². The van der Waals surface area contributed by atoms with Crippen molar-refractivity contribution in [3.63, 3.8) is 0 Å². The molecule has 1 amide bonds. The average molecular weight is 389 g/mol. The highest BCUT2D eigenvalue weighted by molar-refractivity contribution is 7.89. The number of rotatable bonds is 3. The monoisotopic (exact) mass is 388 g/mol. The topological polar surface area (TPSA) is 75.5 Å². The third kappa shape index (κ3) is 3.49. The van der Waals surface area contributed by atoms with Gasteiger partial charge in [-0.2, -0.15) is 9.40 Å². The largest absolute Gasteiger partial charge is 0.337 e. The van der Waals surface area contributed by atoms with Gasteiger partial charge in [-0.15, -0.1) is 11.3 Å². The molecule has 2 aromatic heterocycles. The summed E-state index contributed by atoms with van der Waals surface area (Å²) in [5.74, 6) is -0.104. The van der Waals surface area contributed by atoms with E-state index in [-0.39, 0.29) is 17.3 Å². The summed E-state index contributed by atoms with van der Waals surface area (Å²) < 4.78 is 28.8. The Hall–Kier alpha value is -1.42. The van der Waals surface area contributed by atoms with Crippen LogP contribution in [-0.4, -0.2) is 59.5 Å². The Morgan fingerprint density at radius 1 is 1.25 bits per heavy atom. The van der Waals surface area contributed by atoms with Crippen LogP contribution < -0.4 is 0 Å². The zero-order valence-electron chi connectivity index (χ0n) is 13.1. The minimum absolute atomic E-state index is 0.104. The molecule has 0 radical (unpaired) electrons. The molecule has 10 heteroatoms. The van der Waals surface area contributed by atoms with Gasteiger partial charge in [0.1, 0.15) is 4.90 Å². The zero-order chi connectivity index (χ0) is 17.3. The highest BCUT2D eigenvalue weighted by Crippen LogP contribution is 2.24. The fourth-order valence-corrected chi connectivity index (χ4v) is 5.07. The maximum atomic E-state index is 12.7. The van der Waals surface area contributed by atoms with E-state index in [9.17, 15) is 13.2 Å². The molecule has 3 rings (SSSR count). The van der Waals surface area contributed by atoms with Crippen molar-refractivity contribution in [2.75, 3.05) is 26.2 Å². The third-order valence-corrected chi connectivity index (χ3v) is 6.92. The Morgan fingerprint density at radius 3 is 2.67 bits per heavy atom. The van der Waals surface area contributed by atoms with E-state index >= 15 is 0 Å². The maximum absolute atomic E-state index is 12.7. The van der Waals surface area contributed by atoms with Crippen LogP contribution in [0.25, 0.3) is 0 Å². The SMILES string of the molecule is Cn1cc(S(=O)(=O)N2CCCN(C(=O)c3ccc(Cl)s3)CC2)cn1. The van der Waals surface area contributed by atoms with Gasteiger partial charge in [0.2, 0.25) is 10.0 Å². The summed E-state index contributed by atoms with van der Waals surface area (Å²) in [6.07, 6.45) is 3.41. The van der Waals surface area contributed by atoms with Gasteiger partial charge in [0.25, 0.3) is 5.91 Å². The van der Waals surface area contributed by atoms with Gasteiger partial charge in [-0.1, -0.05) is 11.6 Å². The van der Waals surface area contributed by atoms with Gasteiger partial charge in [0, 0.05) is 39.4 Å². The summed E-state index contributed by atoms with van der Waals surface area (Å²) in [5.41, 5.74) is 0. The van der Waals surface area contributed by atoms with Crippen molar-refractivity contribution in [3.8, 4) is 0 Å². The van der Waals surface area contributed by atoms with Gasteiger partial charge in [0.15, 0.2) is 0 Å². The van der Waals surface area contributed by atoms with Crippen LogP contribution in [0, 0.1) is 0 Å². The Morgan fingerprint density at radius 2 is 2.04 bits per heavy atom. The first-order chi connectivity index (χ1) is 11.4. The Bertz CT molecular complexity index is 846. The summed E-state index contributed by atoms with van der Waals surface area (Å²) >= 11 is 7.11. The van der Waals surface area contributed by atoms with Gasteiger partial charge in [0.05, 0.1) is 15.4 Å². The summed E-state index contributed by atoms with van der Waals surface area (Å²) in [5, 5.41) is 3.92. The molecule has 0 atom stereocenters. The molecule has 0 aliphatic carbocycles. The lowest BCUT2D eigenvalue weighted by molar-refractivity contribution is 0.0769. The first-order valence-electron chi connectivity index (χ1n) is 7.41. The highest BCUT2D eigenvalue weighted by Gasteiger charge is 2.29.